The van der Waals surface area contributed by atoms with Gasteiger partial charge in [0.25, 0.3) is 5.91 Å². The molecule has 1 heterocycles. The van der Waals surface area contributed by atoms with Gasteiger partial charge in [0.1, 0.15) is 0 Å². The second kappa shape index (κ2) is 8.59. The van der Waals surface area contributed by atoms with Crippen LogP contribution in [0.25, 0.3) is 0 Å². The Morgan fingerprint density at radius 2 is 1.90 bits per heavy atom. The maximum Gasteiger partial charge on any atom is 0.258 e. The fourth-order valence-electron chi connectivity index (χ4n) is 3.61. The number of halogens is 2. The van der Waals surface area contributed by atoms with Gasteiger partial charge in [0.2, 0.25) is 10.0 Å². The lowest BCUT2D eigenvalue weighted by Crippen LogP contribution is -2.42. The minimum absolute atomic E-state index is 0.0541. The zero-order valence-electron chi connectivity index (χ0n) is 16.4. The van der Waals surface area contributed by atoms with E-state index in [0.29, 0.717) is 6.54 Å². The number of carbonyl (C=O) groups excluding carboxylic acids is 1. The van der Waals surface area contributed by atoms with Gasteiger partial charge in [0, 0.05) is 36.4 Å². The maximum absolute atomic E-state index is 13.6. The van der Waals surface area contributed by atoms with Gasteiger partial charge in [-0.05, 0) is 57.0 Å². The first kappa shape index (κ1) is 21.4. The Bertz CT molecular complexity index is 1010. The Hall–Kier alpha value is -2.32. The predicted octanol–water partition coefficient (Wildman–Crippen LogP) is 4.19. The quantitative estimate of drug-likeness (QED) is 0.726. The monoisotopic (exact) mass is 422 g/mol. The van der Waals surface area contributed by atoms with E-state index in [2.05, 4.69) is 0 Å². The summed E-state index contributed by atoms with van der Waals surface area (Å²) in [6.07, 6.45) is 2.60. The first-order valence-electron chi connectivity index (χ1n) is 9.64. The molecule has 0 aromatic heterocycles. The van der Waals surface area contributed by atoms with E-state index in [4.69, 9.17) is 0 Å². The van der Waals surface area contributed by atoms with Crippen LogP contribution in [0.2, 0.25) is 0 Å². The molecule has 1 atom stereocenters. The van der Waals surface area contributed by atoms with Gasteiger partial charge in [-0.15, -0.1) is 0 Å². The molecule has 156 valence electrons. The normalized spacial score (nSPS) is 17.9. The van der Waals surface area contributed by atoms with Gasteiger partial charge >= 0.3 is 0 Å². The van der Waals surface area contributed by atoms with Crippen molar-refractivity contribution in [3.05, 3.63) is 59.7 Å². The Kier molecular flexibility index (Phi) is 6.33. The van der Waals surface area contributed by atoms with Crippen LogP contribution in [0.15, 0.2) is 47.4 Å². The summed E-state index contributed by atoms with van der Waals surface area (Å²) in [4.78, 5) is 14.3. The molecule has 0 bridgehead atoms. The predicted molar refractivity (Wildman–Crippen MR) is 107 cm³/mol. The second-order valence-electron chi connectivity index (χ2n) is 7.14. The molecule has 5 nitrogen and oxygen atoms in total. The van der Waals surface area contributed by atoms with Crippen molar-refractivity contribution >= 4 is 21.6 Å². The summed E-state index contributed by atoms with van der Waals surface area (Å²) < 4.78 is 54.5. The first-order valence-corrected chi connectivity index (χ1v) is 11.1. The number of nitrogens with zero attached hydrogens (tertiary/aromatic N) is 2. The summed E-state index contributed by atoms with van der Waals surface area (Å²) in [6.45, 7) is 4.25. The largest absolute Gasteiger partial charge is 0.309 e. The molecule has 0 spiro atoms. The van der Waals surface area contributed by atoms with E-state index in [1.807, 2.05) is 6.92 Å². The summed E-state index contributed by atoms with van der Waals surface area (Å²) in [5.74, 6) is -2.53. The Labute approximate surface area is 170 Å². The van der Waals surface area contributed by atoms with E-state index in [1.165, 1.54) is 39.5 Å². The van der Waals surface area contributed by atoms with E-state index >= 15 is 0 Å². The number of rotatable bonds is 5. The number of hydrogen-bond donors (Lipinski definition) is 0. The molecule has 2 aromatic carbocycles. The zero-order chi connectivity index (χ0) is 21.2. The van der Waals surface area contributed by atoms with Gasteiger partial charge < -0.3 is 4.90 Å². The van der Waals surface area contributed by atoms with E-state index in [1.54, 1.807) is 6.92 Å². The molecule has 1 aliphatic heterocycles. The average Bonchev–Trinajstić information content (AvgIpc) is 2.71. The Morgan fingerprint density at radius 3 is 2.55 bits per heavy atom. The third-order valence-corrected chi connectivity index (χ3v) is 7.22. The first-order chi connectivity index (χ1) is 13.8. The smallest absolute Gasteiger partial charge is 0.258 e. The third-order valence-electron chi connectivity index (χ3n) is 5.21. The van der Waals surface area contributed by atoms with Crippen molar-refractivity contribution < 1.29 is 22.0 Å². The van der Waals surface area contributed by atoms with E-state index in [0.717, 1.165) is 31.4 Å². The summed E-state index contributed by atoms with van der Waals surface area (Å²) in [5, 5.41) is 0. The van der Waals surface area contributed by atoms with Crippen LogP contribution in [0.3, 0.4) is 0 Å². The Balaban J connectivity index is 1.93. The fourth-order valence-corrected chi connectivity index (χ4v) is 5.35. The lowest BCUT2D eigenvalue weighted by atomic mass is 10.1. The molecule has 1 saturated heterocycles. The molecule has 8 heteroatoms. The maximum atomic E-state index is 13.6. The van der Waals surface area contributed by atoms with Gasteiger partial charge in [-0.2, -0.15) is 4.31 Å². The number of sulfonamides is 1. The molecular weight excluding hydrogens is 398 g/mol. The van der Waals surface area contributed by atoms with Crippen LogP contribution in [0.1, 0.15) is 43.5 Å². The van der Waals surface area contributed by atoms with E-state index in [9.17, 15) is 22.0 Å². The molecule has 1 unspecified atom stereocenters. The topological polar surface area (TPSA) is 57.7 Å². The van der Waals surface area contributed by atoms with Gasteiger partial charge in [-0.25, -0.2) is 17.2 Å². The van der Waals surface area contributed by atoms with Crippen molar-refractivity contribution in [3.63, 3.8) is 0 Å². The molecule has 29 heavy (non-hydrogen) atoms. The highest BCUT2D eigenvalue weighted by Crippen LogP contribution is 2.26. The van der Waals surface area contributed by atoms with Crippen molar-refractivity contribution in [2.24, 2.45) is 0 Å². The number of amides is 1. The molecule has 1 aliphatic rings. The molecule has 0 N–H and O–H groups in total. The molecule has 0 radical (unpaired) electrons. The van der Waals surface area contributed by atoms with Gasteiger partial charge in [-0.3, -0.25) is 4.79 Å². The minimum Gasteiger partial charge on any atom is -0.309 e. The highest BCUT2D eigenvalue weighted by molar-refractivity contribution is 7.89. The average molecular weight is 422 g/mol. The summed E-state index contributed by atoms with van der Waals surface area (Å²) in [6, 6.07) is 8.99. The van der Waals surface area contributed by atoms with Crippen molar-refractivity contribution in [1.29, 1.82) is 0 Å². The molecule has 2 aromatic rings. The number of hydrogen-bond acceptors (Lipinski definition) is 3. The van der Waals surface area contributed by atoms with E-state index < -0.39 is 27.6 Å². The highest BCUT2D eigenvalue weighted by atomic mass is 32.2. The van der Waals surface area contributed by atoms with Crippen molar-refractivity contribution in [2.45, 2.75) is 44.0 Å². The van der Waals surface area contributed by atoms with Crippen LogP contribution in [-0.2, 0) is 10.0 Å². The number of benzene rings is 2. The van der Waals surface area contributed by atoms with Gasteiger partial charge in [-0.1, -0.05) is 12.5 Å². The molecule has 0 saturated carbocycles. The number of piperidine rings is 1. The van der Waals surface area contributed by atoms with Crippen LogP contribution in [0.4, 0.5) is 14.5 Å². The number of carbonyl (C=O) groups is 1. The van der Waals surface area contributed by atoms with Crippen molar-refractivity contribution in [2.75, 3.05) is 18.0 Å². The van der Waals surface area contributed by atoms with Gasteiger partial charge in [0.15, 0.2) is 11.6 Å². The third kappa shape index (κ3) is 4.33. The van der Waals surface area contributed by atoms with Crippen LogP contribution in [0, 0.1) is 11.6 Å². The zero-order valence-corrected chi connectivity index (χ0v) is 17.3. The van der Waals surface area contributed by atoms with Crippen molar-refractivity contribution in [1.82, 2.24) is 4.31 Å². The van der Waals surface area contributed by atoms with Crippen molar-refractivity contribution in [3.8, 4) is 0 Å². The SMILES string of the molecule is CCN(C(=O)c1cccc(S(=O)(=O)N2CCCCC2C)c1)c1ccc(F)c(F)c1. The van der Waals surface area contributed by atoms with Crippen LogP contribution >= 0.6 is 0 Å². The summed E-state index contributed by atoms with van der Waals surface area (Å²) in [7, 11) is -3.72. The summed E-state index contributed by atoms with van der Waals surface area (Å²) in [5.41, 5.74) is 0.372. The molecule has 1 fully saturated rings. The lowest BCUT2D eigenvalue weighted by molar-refractivity contribution is 0.0988. The second-order valence-corrected chi connectivity index (χ2v) is 9.03. The molecule has 0 aliphatic carbocycles. The highest BCUT2D eigenvalue weighted by Gasteiger charge is 2.31. The molecule has 1 amide bonds. The number of anilines is 1. The fraction of sp³-hybridized carbons (Fsp3) is 0.381. The molecule has 3 rings (SSSR count). The lowest BCUT2D eigenvalue weighted by Gasteiger charge is -2.32. The van der Waals surface area contributed by atoms with Crippen LogP contribution in [0.5, 0.6) is 0 Å². The standard InChI is InChI=1S/C21H24F2N2O3S/c1-3-24(17-10-11-19(22)20(23)14-17)21(26)16-8-6-9-18(13-16)29(27,28)25-12-5-4-7-15(25)2/h6,8-11,13-15H,3-5,7,12H2,1-2H3. The van der Waals surface area contributed by atoms with Crippen LogP contribution in [-0.4, -0.2) is 37.8 Å². The van der Waals surface area contributed by atoms with E-state index in [-0.39, 0.29) is 28.7 Å². The molecular formula is C21H24F2N2O3S. The van der Waals surface area contributed by atoms with Crippen LogP contribution < -0.4 is 4.90 Å². The summed E-state index contributed by atoms with van der Waals surface area (Å²) >= 11 is 0. The minimum atomic E-state index is -3.72. The van der Waals surface area contributed by atoms with Gasteiger partial charge in [0.05, 0.1) is 4.90 Å². The Morgan fingerprint density at radius 1 is 1.14 bits per heavy atom.